The summed E-state index contributed by atoms with van der Waals surface area (Å²) in [5.74, 6) is -0.965. The first-order valence-corrected chi connectivity index (χ1v) is 8.87. The molecule has 2 amide bonds. The van der Waals surface area contributed by atoms with Gasteiger partial charge in [0.1, 0.15) is 18.7 Å². The van der Waals surface area contributed by atoms with Crippen LogP contribution in [0, 0.1) is 0 Å². The number of hydrogen-bond acceptors (Lipinski definition) is 5. The molecule has 7 nitrogen and oxygen atoms in total. The molecule has 2 N–H and O–H groups in total. The van der Waals surface area contributed by atoms with E-state index >= 15 is 0 Å². The van der Waals surface area contributed by atoms with E-state index in [1.807, 2.05) is 44.2 Å². The van der Waals surface area contributed by atoms with Crippen LogP contribution in [0.25, 0.3) is 0 Å². The Morgan fingerprint density at radius 2 is 1.77 bits per heavy atom. The summed E-state index contributed by atoms with van der Waals surface area (Å²) in [6.45, 7) is 8.36. The van der Waals surface area contributed by atoms with Crippen LogP contribution in [-0.2, 0) is 25.7 Å². The third-order valence-corrected chi connectivity index (χ3v) is 3.09. The molecule has 146 valence electrons. The van der Waals surface area contributed by atoms with Crippen LogP contribution >= 0.6 is 0 Å². The molecule has 1 aliphatic heterocycles. The molecule has 26 heavy (non-hydrogen) atoms. The van der Waals surface area contributed by atoms with Gasteiger partial charge in [0, 0.05) is 6.42 Å². The molecular formula is C19H30N2O5. The smallest absolute Gasteiger partial charge is 0.408 e. The lowest BCUT2D eigenvalue weighted by atomic mass is 10.2. The average Bonchev–Trinajstić information content (AvgIpc) is 3.03. The van der Waals surface area contributed by atoms with E-state index < -0.39 is 30.1 Å². The minimum absolute atomic E-state index is 0.113. The number of alkyl carbamates (subject to hydrolysis) is 1. The summed E-state index contributed by atoms with van der Waals surface area (Å²) in [7, 11) is 1.24. The number of hydrogen-bond donors (Lipinski definition) is 2. The second-order valence-electron chi connectivity index (χ2n) is 5.29. The molecule has 1 aromatic rings. The molecule has 1 aliphatic rings. The van der Waals surface area contributed by atoms with Crippen molar-refractivity contribution in [3.8, 4) is 0 Å². The molecule has 7 heteroatoms. The number of methoxy groups -OCH3 is 1. The number of nitrogens with one attached hydrogen (secondary N) is 2. The maximum atomic E-state index is 11.6. The summed E-state index contributed by atoms with van der Waals surface area (Å²) in [4.78, 5) is 34.6. The second kappa shape index (κ2) is 13.7. The first-order valence-electron chi connectivity index (χ1n) is 8.87. The molecule has 1 heterocycles. The van der Waals surface area contributed by atoms with Gasteiger partial charge in [-0.3, -0.25) is 4.79 Å². The van der Waals surface area contributed by atoms with Crippen molar-refractivity contribution in [3.05, 3.63) is 35.9 Å². The molecule has 1 saturated heterocycles. The first-order chi connectivity index (χ1) is 12.5. The van der Waals surface area contributed by atoms with E-state index in [-0.39, 0.29) is 13.0 Å². The van der Waals surface area contributed by atoms with Gasteiger partial charge in [-0.25, -0.2) is 9.59 Å². The molecule has 2 atom stereocenters. The summed E-state index contributed by atoms with van der Waals surface area (Å²) in [5.41, 5.74) is 0.843. The average molecular weight is 366 g/mol. The van der Waals surface area contributed by atoms with Crippen molar-refractivity contribution in [2.24, 2.45) is 0 Å². The highest BCUT2D eigenvalue weighted by molar-refractivity contribution is 5.93. The zero-order valence-electron chi connectivity index (χ0n) is 16.2. The highest BCUT2D eigenvalue weighted by atomic mass is 16.5. The van der Waals surface area contributed by atoms with Gasteiger partial charge in [0.2, 0.25) is 5.91 Å². The maximum Gasteiger partial charge on any atom is 0.408 e. The molecule has 0 radical (unpaired) electrons. The Bertz CT molecular complexity index is 548. The molecule has 1 aromatic carbocycles. The number of carbonyl (C=O) groups excluding carboxylic acids is 3. The van der Waals surface area contributed by atoms with Crippen LogP contribution in [0.2, 0.25) is 0 Å². The van der Waals surface area contributed by atoms with Gasteiger partial charge in [-0.15, -0.1) is 0 Å². The summed E-state index contributed by atoms with van der Waals surface area (Å²) in [6, 6.07) is 7.65. The Labute approximate surface area is 155 Å². The van der Waals surface area contributed by atoms with Gasteiger partial charge in [0.15, 0.2) is 0 Å². The largest absolute Gasteiger partial charge is 0.467 e. The SMILES string of the molecule is CC.CCC.COC(=O)C1CC(NC(=O)OCc2ccccc2)C(=O)N1. The van der Waals surface area contributed by atoms with Crippen LogP contribution in [0.15, 0.2) is 30.3 Å². The number of ether oxygens (including phenoxy) is 2. The number of benzene rings is 1. The normalized spacial score (nSPS) is 17.5. The number of rotatable bonds is 4. The Balaban J connectivity index is 0.00000113. The third-order valence-electron chi connectivity index (χ3n) is 3.09. The van der Waals surface area contributed by atoms with E-state index in [4.69, 9.17) is 4.74 Å². The topological polar surface area (TPSA) is 93.7 Å². The minimum Gasteiger partial charge on any atom is -0.467 e. The van der Waals surface area contributed by atoms with Crippen LogP contribution in [-0.4, -0.2) is 37.2 Å². The summed E-state index contributed by atoms with van der Waals surface area (Å²) in [6.07, 6.45) is 0.691. The summed E-state index contributed by atoms with van der Waals surface area (Å²) >= 11 is 0. The van der Waals surface area contributed by atoms with E-state index in [2.05, 4.69) is 29.2 Å². The quantitative estimate of drug-likeness (QED) is 0.799. The Morgan fingerprint density at radius 1 is 1.19 bits per heavy atom. The summed E-state index contributed by atoms with van der Waals surface area (Å²) < 4.78 is 9.56. The molecule has 1 fully saturated rings. The van der Waals surface area contributed by atoms with Gasteiger partial charge in [0.05, 0.1) is 7.11 Å². The van der Waals surface area contributed by atoms with E-state index in [1.54, 1.807) is 0 Å². The molecule has 0 aromatic heterocycles. The monoisotopic (exact) mass is 366 g/mol. The van der Waals surface area contributed by atoms with Crippen LogP contribution in [0.4, 0.5) is 4.79 Å². The second-order valence-corrected chi connectivity index (χ2v) is 5.29. The van der Waals surface area contributed by atoms with Crippen molar-refractivity contribution < 1.29 is 23.9 Å². The predicted molar refractivity (Wildman–Crippen MR) is 99.4 cm³/mol. The van der Waals surface area contributed by atoms with Gasteiger partial charge in [-0.1, -0.05) is 64.4 Å². The molecule has 0 aliphatic carbocycles. The molecule has 0 bridgehead atoms. The molecule has 2 rings (SSSR count). The minimum atomic E-state index is -0.794. The van der Waals surface area contributed by atoms with E-state index in [9.17, 15) is 14.4 Å². The van der Waals surface area contributed by atoms with Crippen molar-refractivity contribution in [2.45, 2.75) is 59.2 Å². The summed E-state index contributed by atoms with van der Waals surface area (Å²) in [5, 5.41) is 4.88. The molecule has 2 unspecified atom stereocenters. The highest BCUT2D eigenvalue weighted by Gasteiger charge is 2.37. The highest BCUT2D eigenvalue weighted by Crippen LogP contribution is 2.10. The lowest BCUT2D eigenvalue weighted by molar-refractivity contribution is -0.143. The molecule has 0 saturated carbocycles. The Morgan fingerprint density at radius 3 is 2.31 bits per heavy atom. The van der Waals surface area contributed by atoms with Gasteiger partial charge in [-0.2, -0.15) is 0 Å². The van der Waals surface area contributed by atoms with Gasteiger partial charge in [0.25, 0.3) is 0 Å². The maximum absolute atomic E-state index is 11.6. The fraction of sp³-hybridized carbons (Fsp3) is 0.526. The lowest BCUT2D eigenvalue weighted by Crippen LogP contribution is -2.40. The van der Waals surface area contributed by atoms with Crippen molar-refractivity contribution in [1.82, 2.24) is 10.6 Å². The lowest BCUT2D eigenvalue weighted by Gasteiger charge is -2.10. The van der Waals surface area contributed by atoms with Crippen molar-refractivity contribution in [3.63, 3.8) is 0 Å². The first kappa shape index (κ1) is 23.4. The fourth-order valence-corrected chi connectivity index (χ4v) is 2.00. The zero-order chi connectivity index (χ0) is 19.9. The molecule has 0 spiro atoms. The molecular weight excluding hydrogens is 336 g/mol. The van der Waals surface area contributed by atoms with Gasteiger partial charge < -0.3 is 20.1 Å². The zero-order valence-corrected chi connectivity index (χ0v) is 16.2. The van der Waals surface area contributed by atoms with Crippen molar-refractivity contribution >= 4 is 18.0 Å². The van der Waals surface area contributed by atoms with Crippen LogP contribution in [0.3, 0.4) is 0 Å². The van der Waals surface area contributed by atoms with Crippen LogP contribution in [0.5, 0.6) is 0 Å². The fourth-order valence-electron chi connectivity index (χ4n) is 2.00. The van der Waals surface area contributed by atoms with E-state index in [0.717, 1.165) is 5.56 Å². The number of amides is 2. The van der Waals surface area contributed by atoms with Gasteiger partial charge >= 0.3 is 12.1 Å². The number of esters is 1. The standard InChI is InChI=1S/C14H16N2O5.C3H8.C2H6/c1-20-13(18)11-7-10(12(17)15-11)16-14(19)21-8-9-5-3-2-4-6-9;1-3-2;1-2/h2-6,10-11H,7-8H2,1H3,(H,15,17)(H,16,19);3H2,1-2H3;1-2H3. The number of carbonyl (C=O) groups is 3. The third kappa shape index (κ3) is 8.50. The van der Waals surface area contributed by atoms with E-state index in [1.165, 1.54) is 13.5 Å². The van der Waals surface area contributed by atoms with Crippen molar-refractivity contribution in [2.75, 3.05) is 7.11 Å². The Kier molecular flexibility index (Phi) is 12.3. The van der Waals surface area contributed by atoms with Gasteiger partial charge in [-0.05, 0) is 5.56 Å². The van der Waals surface area contributed by atoms with Crippen LogP contribution < -0.4 is 10.6 Å². The van der Waals surface area contributed by atoms with E-state index in [0.29, 0.717) is 0 Å². The van der Waals surface area contributed by atoms with Crippen molar-refractivity contribution in [1.29, 1.82) is 0 Å². The Hall–Kier alpha value is -2.57. The predicted octanol–water partition coefficient (Wildman–Crippen LogP) is 2.79. The van der Waals surface area contributed by atoms with Crippen LogP contribution in [0.1, 0.15) is 46.1 Å².